The van der Waals surface area contributed by atoms with E-state index in [1.807, 2.05) is 12.1 Å². The Labute approximate surface area is 128 Å². The zero-order chi connectivity index (χ0) is 14.9. The molecule has 2 aliphatic rings. The molecule has 1 saturated heterocycles. The summed E-state index contributed by atoms with van der Waals surface area (Å²) in [4.78, 5) is 6.65. The van der Waals surface area contributed by atoms with E-state index in [9.17, 15) is 0 Å². The van der Waals surface area contributed by atoms with Gasteiger partial charge in [-0.25, -0.2) is 4.98 Å². The number of H-pyrrole nitrogens is 1. The van der Waals surface area contributed by atoms with Gasteiger partial charge in [-0.15, -0.1) is 0 Å². The molecule has 7 heteroatoms. The first-order valence-corrected chi connectivity index (χ1v) is 7.34. The molecule has 0 aliphatic carbocycles. The summed E-state index contributed by atoms with van der Waals surface area (Å²) >= 11 is 0. The van der Waals surface area contributed by atoms with Crippen LogP contribution in [0.25, 0.3) is 0 Å². The average Bonchev–Trinajstić information content (AvgIpc) is 3.27. The number of hydrogen-bond donors (Lipinski definition) is 1. The summed E-state index contributed by atoms with van der Waals surface area (Å²) in [5.74, 6) is 2.54. The second kappa shape index (κ2) is 5.58. The Bertz CT molecular complexity index is 646. The van der Waals surface area contributed by atoms with E-state index >= 15 is 0 Å². The van der Waals surface area contributed by atoms with E-state index in [0.717, 1.165) is 42.4 Å². The summed E-state index contributed by atoms with van der Waals surface area (Å²) in [5.41, 5.74) is 1.12. The summed E-state index contributed by atoms with van der Waals surface area (Å²) in [6.07, 6.45) is 2.65. The highest BCUT2D eigenvalue weighted by Gasteiger charge is 2.35. The van der Waals surface area contributed by atoms with E-state index in [1.54, 1.807) is 13.4 Å². The quantitative estimate of drug-likeness (QED) is 0.922. The standard InChI is InChI=1S/C15H18N4O3/c1-20-11-5-12(15-16-8-17-18-15)19(7-11)6-10-3-2-4-13-14(10)22-9-21-13/h2-4,8,11-12H,5-7,9H2,1H3,(H,16,17,18)/t11-,12+/m1/s1. The van der Waals surface area contributed by atoms with Crippen LogP contribution in [-0.4, -0.2) is 46.6 Å². The van der Waals surface area contributed by atoms with Crippen LogP contribution in [0, 0.1) is 0 Å². The zero-order valence-electron chi connectivity index (χ0n) is 12.4. The van der Waals surface area contributed by atoms with Crippen LogP contribution in [-0.2, 0) is 11.3 Å². The molecule has 2 aliphatic heterocycles. The molecule has 0 amide bonds. The largest absolute Gasteiger partial charge is 0.454 e. The molecule has 22 heavy (non-hydrogen) atoms. The number of benzene rings is 1. The molecule has 4 rings (SSSR count). The number of para-hydroxylation sites is 1. The maximum atomic E-state index is 5.60. The molecule has 1 N–H and O–H groups in total. The third kappa shape index (κ3) is 2.32. The molecule has 7 nitrogen and oxygen atoms in total. The van der Waals surface area contributed by atoms with Crippen molar-refractivity contribution >= 4 is 0 Å². The Balaban J connectivity index is 1.59. The fourth-order valence-electron chi connectivity index (χ4n) is 3.20. The maximum absolute atomic E-state index is 5.60. The van der Waals surface area contributed by atoms with Crippen LogP contribution >= 0.6 is 0 Å². The fourth-order valence-corrected chi connectivity index (χ4v) is 3.20. The lowest BCUT2D eigenvalue weighted by Gasteiger charge is -2.22. The van der Waals surface area contributed by atoms with Crippen molar-refractivity contribution in [3.05, 3.63) is 35.9 Å². The summed E-state index contributed by atoms with van der Waals surface area (Å²) in [7, 11) is 1.75. The normalized spacial score (nSPS) is 24.0. The summed E-state index contributed by atoms with van der Waals surface area (Å²) in [6, 6.07) is 6.17. The van der Waals surface area contributed by atoms with Gasteiger partial charge in [-0.3, -0.25) is 10.00 Å². The molecule has 116 valence electrons. The summed E-state index contributed by atoms with van der Waals surface area (Å²) < 4.78 is 16.6. The lowest BCUT2D eigenvalue weighted by Crippen LogP contribution is -2.25. The lowest BCUT2D eigenvalue weighted by molar-refractivity contribution is 0.107. The fraction of sp³-hybridized carbons (Fsp3) is 0.467. The molecule has 1 aromatic heterocycles. The minimum atomic E-state index is 0.172. The molecule has 0 bridgehead atoms. The third-order valence-corrected chi connectivity index (χ3v) is 4.30. The predicted octanol–water partition coefficient (Wildman–Crippen LogP) is 1.50. The molecular weight excluding hydrogens is 284 g/mol. The van der Waals surface area contributed by atoms with Crippen molar-refractivity contribution in [2.45, 2.75) is 25.1 Å². The molecule has 0 radical (unpaired) electrons. The zero-order valence-corrected chi connectivity index (χ0v) is 12.4. The number of rotatable bonds is 4. The van der Waals surface area contributed by atoms with Gasteiger partial charge >= 0.3 is 0 Å². The van der Waals surface area contributed by atoms with Gasteiger partial charge in [-0.2, -0.15) is 5.10 Å². The number of hydrogen-bond acceptors (Lipinski definition) is 6. The summed E-state index contributed by atoms with van der Waals surface area (Å²) in [6.45, 7) is 1.91. The van der Waals surface area contributed by atoms with Crippen LogP contribution in [0.5, 0.6) is 11.5 Å². The summed E-state index contributed by atoms with van der Waals surface area (Å²) in [5, 5.41) is 6.95. The van der Waals surface area contributed by atoms with Gasteiger partial charge in [0.15, 0.2) is 11.5 Å². The Morgan fingerprint density at radius 1 is 1.41 bits per heavy atom. The molecule has 0 spiro atoms. The average molecular weight is 302 g/mol. The molecule has 0 unspecified atom stereocenters. The van der Waals surface area contributed by atoms with Crippen LogP contribution < -0.4 is 9.47 Å². The topological polar surface area (TPSA) is 72.5 Å². The highest BCUT2D eigenvalue weighted by molar-refractivity contribution is 5.48. The monoisotopic (exact) mass is 302 g/mol. The molecular formula is C15H18N4O3. The van der Waals surface area contributed by atoms with Crippen molar-refractivity contribution in [1.29, 1.82) is 0 Å². The van der Waals surface area contributed by atoms with Gasteiger partial charge in [0.1, 0.15) is 12.2 Å². The number of ether oxygens (including phenoxy) is 3. The molecule has 1 fully saturated rings. The first-order chi connectivity index (χ1) is 10.8. The van der Waals surface area contributed by atoms with Crippen molar-refractivity contribution in [3.63, 3.8) is 0 Å². The highest BCUT2D eigenvalue weighted by atomic mass is 16.7. The molecule has 0 saturated carbocycles. The number of methoxy groups -OCH3 is 1. The second-order valence-electron chi connectivity index (χ2n) is 5.56. The molecule has 1 aromatic carbocycles. The van der Waals surface area contributed by atoms with Crippen LogP contribution in [0.2, 0.25) is 0 Å². The van der Waals surface area contributed by atoms with Gasteiger partial charge in [-0.1, -0.05) is 12.1 Å². The van der Waals surface area contributed by atoms with Crippen molar-refractivity contribution in [2.24, 2.45) is 0 Å². The number of likely N-dealkylation sites (tertiary alicyclic amines) is 1. The Kier molecular flexibility index (Phi) is 3.44. The van der Waals surface area contributed by atoms with E-state index in [2.05, 4.69) is 26.1 Å². The number of fused-ring (bicyclic) bond motifs is 1. The number of nitrogens with one attached hydrogen (secondary N) is 1. The van der Waals surface area contributed by atoms with E-state index < -0.39 is 0 Å². The SMILES string of the molecule is CO[C@@H]1C[C@@H](c2ncn[nH]2)N(Cc2cccc3c2OCO3)C1. The minimum Gasteiger partial charge on any atom is -0.454 e. The van der Waals surface area contributed by atoms with Crippen LogP contribution in [0.3, 0.4) is 0 Å². The van der Waals surface area contributed by atoms with Gasteiger partial charge < -0.3 is 14.2 Å². The first-order valence-electron chi connectivity index (χ1n) is 7.34. The smallest absolute Gasteiger partial charge is 0.231 e. The van der Waals surface area contributed by atoms with Crippen LogP contribution in [0.1, 0.15) is 23.9 Å². The number of nitrogens with zero attached hydrogens (tertiary/aromatic N) is 3. The number of aromatic amines is 1. The predicted molar refractivity (Wildman–Crippen MR) is 77.5 cm³/mol. The molecule has 2 atom stereocenters. The van der Waals surface area contributed by atoms with Crippen LogP contribution in [0.15, 0.2) is 24.5 Å². The Hall–Kier alpha value is -2.12. The van der Waals surface area contributed by atoms with Crippen molar-refractivity contribution in [2.75, 3.05) is 20.4 Å². The Morgan fingerprint density at radius 3 is 3.18 bits per heavy atom. The Morgan fingerprint density at radius 2 is 2.36 bits per heavy atom. The van der Waals surface area contributed by atoms with E-state index in [0.29, 0.717) is 6.79 Å². The third-order valence-electron chi connectivity index (χ3n) is 4.30. The van der Waals surface area contributed by atoms with Crippen molar-refractivity contribution < 1.29 is 14.2 Å². The lowest BCUT2D eigenvalue weighted by atomic mass is 10.1. The van der Waals surface area contributed by atoms with Crippen molar-refractivity contribution in [1.82, 2.24) is 20.1 Å². The first kappa shape index (κ1) is 13.5. The highest BCUT2D eigenvalue weighted by Crippen LogP contribution is 2.39. The van der Waals surface area contributed by atoms with Gasteiger partial charge in [0, 0.05) is 25.8 Å². The molecule has 2 aromatic rings. The number of aromatic nitrogens is 3. The van der Waals surface area contributed by atoms with E-state index in [1.165, 1.54) is 0 Å². The van der Waals surface area contributed by atoms with Crippen molar-refractivity contribution in [3.8, 4) is 11.5 Å². The maximum Gasteiger partial charge on any atom is 0.231 e. The minimum absolute atomic E-state index is 0.172. The van der Waals surface area contributed by atoms with E-state index in [4.69, 9.17) is 14.2 Å². The van der Waals surface area contributed by atoms with Gasteiger partial charge in [0.25, 0.3) is 0 Å². The van der Waals surface area contributed by atoms with Gasteiger partial charge in [-0.05, 0) is 12.5 Å². The second-order valence-corrected chi connectivity index (χ2v) is 5.56. The van der Waals surface area contributed by atoms with Gasteiger partial charge in [0.2, 0.25) is 6.79 Å². The van der Waals surface area contributed by atoms with E-state index in [-0.39, 0.29) is 12.1 Å². The van der Waals surface area contributed by atoms with Crippen LogP contribution in [0.4, 0.5) is 0 Å². The van der Waals surface area contributed by atoms with Gasteiger partial charge in [0.05, 0.1) is 12.1 Å². The molecule has 3 heterocycles.